The van der Waals surface area contributed by atoms with Crippen LogP contribution in [0, 0.1) is 0 Å². The Morgan fingerprint density at radius 1 is 0.591 bits per heavy atom. The molecule has 107 valence electrons. The van der Waals surface area contributed by atoms with Crippen molar-refractivity contribution < 1.29 is 9.68 Å². The number of rotatable bonds is 5. The molecule has 0 spiro atoms. The van der Waals surface area contributed by atoms with Crippen molar-refractivity contribution in [1.29, 1.82) is 0 Å². The minimum Gasteiger partial charge on any atom is -0.429 e. The van der Waals surface area contributed by atoms with E-state index in [1.807, 2.05) is 91.0 Å². The van der Waals surface area contributed by atoms with Crippen LogP contribution in [-0.2, 0) is 10.3 Å². The second kappa shape index (κ2) is 6.61. The quantitative estimate of drug-likeness (QED) is 0.574. The summed E-state index contributed by atoms with van der Waals surface area (Å²) < 4.78 is 5.82. The zero-order chi connectivity index (χ0) is 15.3. The molecule has 0 saturated carbocycles. The molecule has 0 atom stereocenters. The van der Waals surface area contributed by atoms with E-state index in [2.05, 4.69) is 0 Å². The third-order valence-corrected chi connectivity index (χ3v) is 3.77. The zero-order valence-corrected chi connectivity index (χ0v) is 12.1. The standard InChI is InChI=1S/C19H16BO2/c21-20-22-19(16-10-4-1-5-11-16,17-12-6-2-7-13-17)18-14-8-3-9-15-18/h1-15,21H. The van der Waals surface area contributed by atoms with Crippen LogP contribution in [0.25, 0.3) is 0 Å². The molecular weight excluding hydrogens is 271 g/mol. The lowest BCUT2D eigenvalue weighted by atomic mass is 9.79. The topological polar surface area (TPSA) is 29.5 Å². The van der Waals surface area contributed by atoms with Gasteiger partial charge in [-0.2, -0.15) is 0 Å². The van der Waals surface area contributed by atoms with Gasteiger partial charge in [-0.15, -0.1) is 0 Å². The third kappa shape index (κ3) is 2.57. The fourth-order valence-electron chi connectivity index (χ4n) is 2.80. The predicted octanol–water partition coefficient (Wildman–Crippen LogP) is 3.52. The Morgan fingerprint density at radius 2 is 0.909 bits per heavy atom. The van der Waals surface area contributed by atoms with Crippen molar-refractivity contribution in [1.82, 2.24) is 0 Å². The number of hydrogen-bond donors (Lipinski definition) is 1. The van der Waals surface area contributed by atoms with E-state index >= 15 is 0 Å². The second-order valence-electron chi connectivity index (χ2n) is 5.00. The molecule has 2 nitrogen and oxygen atoms in total. The summed E-state index contributed by atoms with van der Waals surface area (Å²) in [5.74, 6) is 0. The zero-order valence-electron chi connectivity index (χ0n) is 12.1. The smallest absolute Gasteiger partial charge is 0.429 e. The Bertz CT molecular complexity index is 603. The van der Waals surface area contributed by atoms with E-state index in [-0.39, 0.29) is 0 Å². The van der Waals surface area contributed by atoms with E-state index in [1.54, 1.807) is 0 Å². The van der Waals surface area contributed by atoms with Crippen LogP contribution < -0.4 is 0 Å². The van der Waals surface area contributed by atoms with Crippen molar-refractivity contribution >= 4 is 7.69 Å². The molecule has 3 aromatic carbocycles. The highest BCUT2D eigenvalue weighted by atomic mass is 16.5. The Hall–Kier alpha value is -2.36. The van der Waals surface area contributed by atoms with Crippen LogP contribution in [0.5, 0.6) is 0 Å². The van der Waals surface area contributed by atoms with Crippen LogP contribution in [-0.4, -0.2) is 12.7 Å². The monoisotopic (exact) mass is 287 g/mol. The highest BCUT2D eigenvalue weighted by molar-refractivity contribution is 6.16. The molecule has 0 unspecified atom stereocenters. The summed E-state index contributed by atoms with van der Waals surface area (Å²) in [6, 6.07) is 29.7. The van der Waals surface area contributed by atoms with Gasteiger partial charge in [-0.05, 0) is 16.7 Å². The van der Waals surface area contributed by atoms with Crippen molar-refractivity contribution in [2.45, 2.75) is 5.60 Å². The molecule has 0 heterocycles. The van der Waals surface area contributed by atoms with E-state index in [9.17, 15) is 5.02 Å². The Balaban J connectivity index is 2.29. The largest absolute Gasteiger partial charge is 0.486 e. The molecule has 3 heteroatoms. The maximum atomic E-state index is 9.44. The normalized spacial score (nSPS) is 11.1. The fourth-order valence-corrected chi connectivity index (χ4v) is 2.80. The van der Waals surface area contributed by atoms with Crippen LogP contribution in [0.4, 0.5) is 0 Å². The van der Waals surface area contributed by atoms with E-state index in [0.717, 1.165) is 24.4 Å². The van der Waals surface area contributed by atoms with Gasteiger partial charge in [0.15, 0.2) is 0 Å². The van der Waals surface area contributed by atoms with Crippen molar-refractivity contribution in [3.05, 3.63) is 108 Å². The van der Waals surface area contributed by atoms with Crippen LogP contribution in [0.3, 0.4) is 0 Å². The van der Waals surface area contributed by atoms with Crippen LogP contribution >= 0.6 is 0 Å². The average Bonchev–Trinajstić information content (AvgIpc) is 2.62. The number of hydrogen-bond acceptors (Lipinski definition) is 2. The minimum atomic E-state index is -0.876. The fraction of sp³-hybridized carbons (Fsp3) is 0.0526. The molecular formula is C19H16BO2. The van der Waals surface area contributed by atoms with Gasteiger partial charge in [0, 0.05) is 0 Å². The molecule has 3 rings (SSSR count). The molecule has 0 saturated heterocycles. The van der Waals surface area contributed by atoms with Gasteiger partial charge in [0.05, 0.1) is 0 Å². The molecule has 0 aliphatic heterocycles. The van der Waals surface area contributed by atoms with Crippen LogP contribution in [0.15, 0.2) is 91.0 Å². The second-order valence-corrected chi connectivity index (χ2v) is 5.00. The maximum absolute atomic E-state index is 9.44. The Kier molecular flexibility index (Phi) is 4.38. The Morgan fingerprint density at radius 3 is 1.18 bits per heavy atom. The van der Waals surface area contributed by atoms with E-state index < -0.39 is 5.60 Å². The van der Waals surface area contributed by atoms with Gasteiger partial charge in [-0.1, -0.05) is 91.0 Å². The summed E-state index contributed by atoms with van der Waals surface area (Å²) in [5, 5.41) is 9.44. The molecule has 22 heavy (non-hydrogen) atoms. The summed E-state index contributed by atoms with van der Waals surface area (Å²) in [4.78, 5) is 0. The summed E-state index contributed by atoms with van der Waals surface area (Å²) in [6.07, 6.45) is 0. The van der Waals surface area contributed by atoms with Gasteiger partial charge in [0.25, 0.3) is 0 Å². The van der Waals surface area contributed by atoms with E-state index in [1.165, 1.54) is 0 Å². The summed E-state index contributed by atoms with van der Waals surface area (Å²) in [7, 11) is 0.771. The maximum Gasteiger partial charge on any atom is 0.486 e. The molecule has 0 aliphatic rings. The van der Waals surface area contributed by atoms with Crippen molar-refractivity contribution in [3.63, 3.8) is 0 Å². The highest BCUT2D eigenvalue weighted by Crippen LogP contribution is 2.39. The molecule has 1 N–H and O–H groups in total. The van der Waals surface area contributed by atoms with Crippen molar-refractivity contribution in [2.24, 2.45) is 0 Å². The first-order chi connectivity index (χ1) is 10.9. The first-order valence-electron chi connectivity index (χ1n) is 7.18. The molecule has 0 amide bonds. The van der Waals surface area contributed by atoms with E-state index in [0.29, 0.717) is 0 Å². The lowest BCUT2D eigenvalue weighted by molar-refractivity contribution is 0.138. The average molecular weight is 287 g/mol. The van der Waals surface area contributed by atoms with Crippen LogP contribution in [0.2, 0.25) is 0 Å². The van der Waals surface area contributed by atoms with Gasteiger partial charge >= 0.3 is 7.69 Å². The summed E-state index contributed by atoms with van der Waals surface area (Å²) >= 11 is 0. The lowest BCUT2D eigenvalue weighted by Gasteiger charge is -2.35. The molecule has 0 bridgehead atoms. The molecule has 0 aliphatic carbocycles. The summed E-state index contributed by atoms with van der Waals surface area (Å²) in [6.45, 7) is 0. The third-order valence-electron chi connectivity index (χ3n) is 3.77. The highest BCUT2D eigenvalue weighted by Gasteiger charge is 2.37. The Labute approximate surface area is 131 Å². The first kappa shape index (κ1) is 14.6. The van der Waals surface area contributed by atoms with Crippen LogP contribution in [0.1, 0.15) is 16.7 Å². The van der Waals surface area contributed by atoms with Gasteiger partial charge in [0.2, 0.25) is 0 Å². The summed E-state index contributed by atoms with van der Waals surface area (Å²) in [5.41, 5.74) is 1.99. The molecule has 0 aromatic heterocycles. The minimum absolute atomic E-state index is 0.771. The van der Waals surface area contributed by atoms with Gasteiger partial charge in [0.1, 0.15) is 5.60 Å². The molecule has 0 fully saturated rings. The van der Waals surface area contributed by atoms with Gasteiger partial charge in [-0.25, -0.2) is 0 Å². The molecule has 3 aromatic rings. The predicted molar refractivity (Wildman–Crippen MR) is 88.3 cm³/mol. The van der Waals surface area contributed by atoms with Crippen molar-refractivity contribution in [2.75, 3.05) is 0 Å². The van der Waals surface area contributed by atoms with Gasteiger partial charge < -0.3 is 9.68 Å². The SMILES string of the molecule is O[B]OC(c1ccccc1)(c1ccccc1)c1ccccc1. The molecule has 1 radical (unpaired) electrons. The van der Waals surface area contributed by atoms with Crippen molar-refractivity contribution in [3.8, 4) is 0 Å². The van der Waals surface area contributed by atoms with Gasteiger partial charge in [-0.3, -0.25) is 0 Å². The lowest BCUT2D eigenvalue weighted by Crippen LogP contribution is -2.34. The van der Waals surface area contributed by atoms with E-state index in [4.69, 9.17) is 4.65 Å². The first-order valence-corrected chi connectivity index (χ1v) is 7.18. The number of benzene rings is 3.